The Kier molecular flexibility index (Phi) is 3.67. The predicted molar refractivity (Wildman–Crippen MR) is 70.2 cm³/mol. The molecule has 2 N–H and O–H groups in total. The lowest BCUT2D eigenvalue weighted by Crippen LogP contribution is -2.27. The van der Waals surface area contributed by atoms with Gasteiger partial charge >= 0.3 is 0 Å². The van der Waals surface area contributed by atoms with Crippen LogP contribution >= 0.6 is 0 Å². The molecular weight excluding hydrogens is 212 g/mol. The highest BCUT2D eigenvalue weighted by Gasteiger charge is 2.22. The molecule has 0 bridgehead atoms. The van der Waals surface area contributed by atoms with E-state index < -0.39 is 0 Å². The smallest absolute Gasteiger partial charge is 0.221 e. The third kappa shape index (κ3) is 3.77. The summed E-state index contributed by atoms with van der Waals surface area (Å²) < 4.78 is 0. The molecule has 1 amide bonds. The summed E-state index contributed by atoms with van der Waals surface area (Å²) >= 11 is 0. The normalized spacial score (nSPS) is 14.5. The zero-order valence-electron chi connectivity index (χ0n) is 10.5. The summed E-state index contributed by atoms with van der Waals surface area (Å²) in [6.07, 6.45) is 2.84. The van der Waals surface area contributed by atoms with Crippen LogP contribution in [-0.4, -0.2) is 18.5 Å². The molecule has 0 saturated heterocycles. The number of aryl methyl sites for hydroxylation is 2. The highest BCUT2D eigenvalue weighted by Crippen LogP contribution is 2.19. The molecule has 0 radical (unpaired) electrons. The summed E-state index contributed by atoms with van der Waals surface area (Å²) in [5.74, 6) is 0.158. The Morgan fingerprint density at radius 3 is 2.82 bits per heavy atom. The third-order valence-electron chi connectivity index (χ3n) is 3.00. The van der Waals surface area contributed by atoms with Gasteiger partial charge in [0.2, 0.25) is 5.91 Å². The molecule has 3 heteroatoms. The Balaban J connectivity index is 1.76. The number of amides is 1. The van der Waals surface area contributed by atoms with E-state index in [2.05, 4.69) is 42.7 Å². The minimum atomic E-state index is 0.158. The Morgan fingerprint density at radius 2 is 2.12 bits per heavy atom. The van der Waals surface area contributed by atoms with Crippen molar-refractivity contribution in [2.75, 3.05) is 11.9 Å². The molecule has 0 aromatic heterocycles. The first kappa shape index (κ1) is 12.0. The first-order chi connectivity index (χ1) is 8.15. The van der Waals surface area contributed by atoms with E-state index in [-0.39, 0.29) is 5.91 Å². The first-order valence-electron chi connectivity index (χ1n) is 6.25. The zero-order chi connectivity index (χ0) is 12.3. The Bertz CT molecular complexity index is 411. The van der Waals surface area contributed by atoms with Crippen LogP contribution in [0.15, 0.2) is 18.2 Å². The van der Waals surface area contributed by atoms with Crippen molar-refractivity contribution in [1.29, 1.82) is 0 Å². The van der Waals surface area contributed by atoms with Crippen LogP contribution in [-0.2, 0) is 4.79 Å². The summed E-state index contributed by atoms with van der Waals surface area (Å²) in [6.45, 7) is 4.85. The van der Waals surface area contributed by atoms with Crippen molar-refractivity contribution in [3.63, 3.8) is 0 Å². The van der Waals surface area contributed by atoms with Gasteiger partial charge in [0.25, 0.3) is 0 Å². The Labute approximate surface area is 103 Å². The van der Waals surface area contributed by atoms with Crippen LogP contribution in [0.3, 0.4) is 0 Å². The summed E-state index contributed by atoms with van der Waals surface area (Å²) in [5.41, 5.74) is 3.59. The van der Waals surface area contributed by atoms with Crippen molar-refractivity contribution in [2.45, 2.75) is 39.2 Å². The SMILES string of the molecule is Cc1ccc(C)c(NCCC(=O)NC2CC2)c1. The van der Waals surface area contributed by atoms with Crippen LogP contribution in [0.5, 0.6) is 0 Å². The van der Waals surface area contributed by atoms with Gasteiger partial charge in [-0.1, -0.05) is 12.1 Å². The molecule has 1 aromatic rings. The van der Waals surface area contributed by atoms with Crippen LogP contribution in [0.25, 0.3) is 0 Å². The van der Waals surface area contributed by atoms with E-state index in [9.17, 15) is 4.79 Å². The van der Waals surface area contributed by atoms with Crippen molar-refractivity contribution < 1.29 is 4.79 Å². The molecule has 0 spiro atoms. The second-order valence-electron chi connectivity index (χ2n) is 4.84. The molecule has 0 heterocycles. The van der Waals surface area contributed by atoms with E-state index in [4.69, 9.17) is 0 Å². The summed E-state index contributed by atoms with van der Waals surface area (Å²) in [7, 11) is 0. The number of carbonyl (C=O) groups is 1. The van der Waals surface area contributed by atoms with Crippen molar-refractivity contribution in [1.82, 2.24) is 5.32 Å². The van der Waals surface area contributed by atoms with E-state index in [1.807, 2.05) is 0 Å². The van der Waals surface area contributed by atoms with Gasteiger partial charge in [-0.05, 0) is 43.9 Å². The van der Waals surface area contributed by atoms with Crippen LogP contribution in [0.4, 0.5) is 5.69 Å². The van der Waals surface area contributed by atoms with Crippen LogP contribution < -0.4 is 10.6 Å². The zero-order valence-corrected chi connectivity index (χ0v) is 10.5. The molecule has 1 fully saturated rings. The molecule has 1 aromatic carbocycles. The molecule has 17 heavy (non-hydrogen) atoms. The first-order valence-corrected chi connectivity index (χ1v) is 6.25. The van der Waals surface area contributed by atoms with Crippen molar-refractivity contribution in [3.8, 4) is 0 Å². The maximum atomic E-state index is 11.5. The van der Waals surface area contributed by atoms with Gasteiger partial charge in [-0.25, -0.2) is 0 Å². The van der Waals surface area contributed by atoms with E-state index in [0.717, 1.165) is 18.5 Å². The molecule has 2 rings (SSSR count). The second-order valence-corrected chi connectivity index (χ2v) is 4.84. The van der Waals surface area contributed by atoms with E-state index in [0.29, 0.717) is 19.0 Å². The van der Waals surface area contributed by atoms with E-state index in [1.54, 1.807) is 0 Å². The van der Waals surface area contributed by atoms with Crippen molar-refractivity contribution in [3.05, 3.63) is 29.3 Å². The lowest BCUT2D eigenvalue weighted by atomic mass is 10.1. The topological polar surface area (TPSA) is 41.1 Å². The van der Waals surface area contributed by atoms with Crippen LogP contribution in [0.2, 0.25) is 0 Å². The van der Waals surface area contributed by atoms with Gasteiger partial charge in [-0.15, -0.1) is 0 Å². The summed E-state index contributed by atoms with van der Waals surface area (Å²) in [5, 5.41) is 6.30. The average Bonchev–Trinajstić information content (AvgIpc) is 3.07. The Morgan fingerprint density at radius 1 is 1.35 bits per heavy atom. The number of hydrogen-bond acceptors (Lipinski definition) is 2. The number of hydrogen-bond donors (Lipinski definition) is 2. The minimum absolute atomic E-state index is 0.158. The van der Waals surface area contributed by atoms with Gasteiger partial charge in [-0.3, -0.25) is 4.79 Å². The van der Waals surface area contributed by atoms with Gasteiger partial charge in [0.05, 0.1) is 0 Å². The molecule has 1 aliphatic carbocycles. The Hall–Kier alpha value is -1.51. The lowest BCUT2D eigenvalue weighted by molar-refractivity contribution is -0.120. The number of rotatable bonds is 5. The monoisotopic (exact) mass is 232 g/mol. The molecule has 3 nitrogen and oxygen atoms in total. The van der Waals surface area contributed by atoms with Gasteiger partial charge in [0.15, 0.2) is 0 Å². The fraction of sp³-hybridized carbons (Fsp3) is 0.500. The van der Waals surface area contributed by atoms with Gasteiger partial charge in [0.1, 0.15) is 0 Å². The highest BCUT2D eigenvalue weighted by molar-refractivity contribution is 5.77. The van der Waals surface area contributed by atoms with Crippen LogP contribution in [0.1, 0.15) is 30.4 Å². The van der Waals surface area contributed by atoms with Gasteiger partial charge < -0.3 is 10.6 Å². The van der Waals surface area contributed by atoms with Crippen molar-refractivity contribution >= 4 is 11.6 Å². The summed E-state index contributed by atoms with van der Waals surface area (Å²) in [6, 6.07) is 6.78. The fourth-order valence-electron chi connectivity index (χ4n) is 1.76. The molecular formula is C14H20N2O. The standard InChI is InChI=1S/C14H20N2O/c1-10-3-4-11(2)13(9-10)15-8-7-14(17)16-12-5-6-12/h3-4,9,12,15H,5-8H2,1-2H3,(H,16,17). The molecule has 0 unspecified atom stereocenters. The van der Waals surface area contributed by atoms with Gasteiger partial charge in [0, 0.05) is 24.7 Å². The van der Waals surface area contributed by atoms with E-state index >= 15 is 0 Å². The van der Waals surface area contributed by atoms with Crippen LogP contribution in [0, 0.1) is 13.8 Å². The third-order valence-corrected chi connectivity index (χ3v) is 3.00. The quantitative estimate of drug-likeness (QED) is 0.818. The fourth-order valence-corrected chi connectivity index (χ4v) is 1.76. The number of anilines is 1. The molecule has 0 atom stereocenters. The molecule has 1 aliphatic rings. The maximum Gasteiger partial charge on any atom is 0.221 e. The molecule has 1 saturated carbocycles. The lowest BCUT2D eigenvalue weighted by Gasteiger charge is -2.10. The maximum absolute atomic E-state index is 11.5. The summed E-state index contributed by atoms with van der Waals surface area (Å²) in [4.78, 5) is 11.5. The number of carbonyl (C=O) groups excluding carboxylic acids is 1. The van der Waals surface area contributed by atoms with Gasteiger partial charge in [-0.2, -0.15) is 0 Å². The average molecular weight is 232 g/mol. The molecule has 92 valence electrons. The van der Waals surface area contributed by atoms with Crippen molar-refractivity contribution in [2.24, 2.45) is 0 Å². The highest BCUT2D eigenvalue weighted by atomic mass is 16.1. The number of nitrogens with one attached hydrogen (secondary N) is 2. The minimum Gasteiger partial charge on any atom is -0.384 e. The second kappa shape index (κ2) is 5.21. The predicted octanol–water partition coefficient (Wildman–Crippen LogP) is 2.38. The molecule has 0 aliphatic heterocycles. The number of benzene rings is 1. The van der Waals surface area contributed by atoms with E-state index in [1.165, 1.54) is 11.1 Å². The largest absolute Gasteiger partial charge is 0.384 e.